The van der Waals surface area contributed by atoms with E-state index in [9.17, 15) is 9.18 Å². The molecule has 4 rings (SSSR count). The Kier molecular flexibility index (Phi) is 4.64. The van der Waals surface area contributed by atoms with Gasteiger partial charge in [0.05, 0.1) is 7.11 Å². The summed E-state index contributed by atoms with van der Waals surface area (Å²) in [5.74, 6) is 0.319. The smallest absolute Gasteiger partial charge is 0.253 e. The quantitative estimate of drug-likeness (QED) is 0.847. The number of ether oxygens (including phenoxy) is 1. The van der Waals surface area contributed by atoms with E-state index in [1.54, 1.807) is 13.2 Å². The van der Waals surface area contributed by atoms with Gasteiger partial charge in [0.15, 0.2) is 0 Å². The van der Waals surface area contributed by atoms with Crippen molar-refractivity contribution >= 4 is 5.91 Å². The molecular formula is C21H23FN2O2. The van der Waals surface area contributed by atoms with E-state index >= 15 is 0 Å². The number of benzene rings is 2. The van der Waals surface area contributed by atoms with Gasteiger partial charge in [-0.25, -0.2) is 4.39 Å². The largest absolute Gasteiger partial charge is 0.496 e. The molecule has 0 aliphatic carbocycles. The number of fused-ring (bicyclic) bond motifs is 1. The van der Waals surface area contributed by atoms with Crippen molar-refractivity contribution in [2.75, 3.05) is 33.3 Å². The molecule has 2 heterocycles. The summed E-state index contributed by atoms with van der Waals surface area (Å²) in [6, 6.07) is 12.3. The molecule has 0 radical (unpaired) electrons. The van der Waals surface area contributed by atoms with Crippen LogP contribution < -0.4 is 4.74 Å². The van der Waals surface area contributed by atoms with Gasteiger partial charge in [0.25, 0.3) is 5.91 Å². The van der Waals surface area contributed by atoms with Gasteiger partial charge in [-0.2, -0.15) is 0 Å². The number of nitrogens with zero attached hydrogens (tertiary/aromatic N) is 2. The van der Waals surface area contributed by atoms with Crippen molar-refractivity contribution in [2.45, 2.75) is 18.9 Å². The summed E-state index contributed by atoms with van der Waals surface area (Å²) in [7, 11) is 1.56. The van der Waals surface area contributed by atoms with Crippen molar-refractivity contribution in [3.63, 3.8) is 0 Å². The van der Waals surface area contributed by atoms with Crippen molar-refractivity contribution in [1.82, 2.24) is 9.80 Å². The van der Waals surface area contributed by atoms with E-state index in [0.717, 1.165) is 31.7 Å². The summed E-state index contributed by atoms with van der Waals surface area (Å²) in [6.07, 6.45) is 2.39. The van der Waals surface area contributed by atoms with Gasteiger partial charge in [-0.05, 0) is 55.3 Å². The zero-order valence-electron chi connectivity index (χ0n) is 15.0. The fourth-order valence-electron chi connectivity index (χ4n) is 4.08. The minimum atomic E-state index is -0.324. The van der Waals surface area contributed by atoms with Crippen LogP contribution >= 0.6 is 0 Å². The lowest BCUT2D eigenvalue weighted by Gasteiger charge is -2.37. The van der Waals surface area contributed by atoms with Crippen molar-refractivity contribution in [3.05, 3.63) is 53.8 Å². The SMILES string of the molecule is COc1ccc(F)cc1-c1cccc(C(=O)N2CCN3CCC[C@H]3C2)c1. The third-order valence-electron chi connectivity index (χ3n) is 5.46. The average molecular weight is 354 g/mol. The lowest BCUT2D eigenvalue weighted by Crippen LogP contribution is -2.52. The van der Waals surface area contributed by atoms with Crippen LogP contribution in [0.4, 0.5) is 4.39 Å². The highest BCUT2D eigenvalue weighted by atomic mass is 19.1. The highest BCUT2D eigenvalue weighted by molar-refractivity contribution is 5.95. The molecule has 1 amide bonds. The molecule has 5 heteroatoms. The third kappa shape index (κ3) is 3.19. The summed E-state index contributed by atoms with van der Waals surface area (Å²) in [4.78, 5) is 17.4. The highest BCUT2D eigenvalue weighted by Crippen LogP contribution is 2.31. The maximum atomic E-state index is 13.7. The minimum absolute atomic E-state index is 0.0498. The highest BCUT2D eigenvalue weighted by Gasteiger charge is 2.32. The molecule has 136 valence electrons. The van der Waals surface area contributed by atoms with Crippen LogP contribution in [-0.2, 0) is 0 Å². The first-order chi connectivity index (χ1) is 12.7. The number of carbonyl (C=O) groups excluding carboxylic acids is 1. The molecule has 26 heavy (non-hydrogen) atoms. The zero-order valence-corrected chi connectivity index (χ0v) is 15.0. The second kappa shape index (κ2) is 7.08. The topological polar surface area (TPSA) is 32.8 Å². The molecule has 2 aliphatic rings. The van der Waals surface area contributed by atoms with Gasteiger partial charge in [0.1, 0.15) is 11.6 Å². The Morgan fingerprint density at radius 2 is 2.04 bits per heavy atom. The van der Waals surface area contributed by atoms with Crippen LogP contribution in [0.2, 0.25) is 0 Å². The van der Waals surface area contributed by atoms with E-state index in [2.05, 4.69) is 4.90 Å². The molecular weight excluding hydrogens is 331 g/mol. The third-order valence-corrected chi connectivity index (χ3v) is 5.46. The Labute approximate surface area is 153 Å². The van der Waals surface area contributed by atoms with Gasteiger partial charge in [0.2, 0.25) is 0 Å². The fourth-order valence-corrected chi connectivity index (χ4v) is 4.08. The van der Waals surface area contributed by atoms with E-state index in [4.69, 9.17) is 4.74 Å². The monoisotopic (exact) mass is 354 g/mol. The summed E-state index contributed by atoms with van der Waals surface area (Å²) in [6.45, 7) is 3.67. The van der Waals surface area contributed by atoms with E-state index in [1.165, 1.54) is 25.0 Å². The Hall–Kier alpha value is -2.40. The molecule has 0 bridgehead atoms. The molecule has 2 aliphatic heterocycles. The second-order valence-corrected chi connectivity index (χ2v) is 7.01. The van der Waals surface area contributed by atoms with Gasteiger partial charge < -0.3 is 9.64 Å². The summed E-state index contributed by atoms with van der Waals surface area (Å²) < 4.78 is 19.1. The van der Waals surface area contributed by atoms with Crippen LogP contribution in [-0.4, -0.2) is 55.0 Å². The number of amides is 1. The van der Waals surface area contributed by atoms with Crippen molar-refractivity contribution < 1.29 is 13.9 Å². The average Bonchev–Trinajstić information content (AvgIpc) is 3.15. The molecule has 2 aromatic rings. The van der Waals surface area contributed by atoms with E-state index in [-0.39, 0.29) is 11.7 Å². The first-order valence-electron chi connectivity index (χ1n) is 9.13. The minimum Gasteiger partial charge on any atom is -0.496 e. The zero-order chi connectivity index (χ0) is 18.1. The number of methoxy groups -OCH3 is 1. The number of carbonyl (C=O) groups is 1. The van der Waals surface area contributed by atoms with Crippen LogP contribution in [0.5, 0.6) is 5.75 Å². The van der Waals surface area contributed by atoms with Crippen LogP contribution in [0, 0.1) is 5.82 Å². The Balaban J connectivity index is 1.60. The lowest BCUT2D eigenvalue weighted by atomic mass is 10.0. The van der Waals surface area contributed by atoms with Crippen LogP contribution in [0.3, 0.4) is 0 Å². The fraction of sp³-hybridized carbons (Fsp3) is 0.381. The van der Waals surface area contributed by atoms with E-state index in [1.807, 2.05) is 29.2 Å². The van der Waals surface area contributed by atoms with Gasteiger partial charge in [0, 0.05) is 36.8 Å². The summed E-state index contributed by atoms with van der Waals surface area (Å²) >= 11 is 0. The molecule has 0 unspecified atom stereocenters. The van der Waals surface area contributed by atoms with Crippen molar-refractivity contribution in [2.24, 2.45) is 0 Å². The molecule has 1 atom stereocenters. The number of rotatable bonds is 3. The number of halogens is 1. The molecule has 2 aromatic carbocycles. The molecule has 2 saturated heterocycles. The first-order valence-corrected chi connectivity index (χ1v) is 9.13. The molecule has 4 nitrogen and oxygen atoms in total. The van der Waals surface area contributed by atoms with Crippen molar-refractivity contribution in [3.8, 4) is 16.9 Å². The Morgan fingerprint density at radius 3 is 2.88 bits per heavy atom. The molecule has 0 spiro atoms. The Bertz CT molecular complexity index is 823. The van der Waals surface area contributed by atoms with Crippen LogP contribution in [0.15, 0.2) is 42.5 Å². The van der Waals surface area contributed by atoms with Gasteiger partial charge in [-0.1, -0.05) is 12.1 Å². The number of piperazine rings is 1. The van der Waals surface area contributed by atoms with E-state index < -0.39 is 0 Å². The normalized spacial score (nSPS) is 20.1. The van der Waals surface area contributed by atoms with Crippen LogP contribution in [0.25, 0.3) is 11.1 Å². The van der Waals surface area contributed by atoms with Crippen molar-refractivity contribution in [1.29, 1.82) is 0 Å². The predicted octanol–water partition coefficient (Wildman–Crippen LogP) is 3.42. The molecule has 0 N–H and O–H groups in total. The lowest BCUT2D eigenvalue weighted by molar-refractivity contribution is 0.0571. The summed E-state index contributed by atoms with van der Waals surface area (Å²) in [5.41, 5.74) is 2.08. The first kappa shape index (κ1) is 17.0. The standard InChI is InChI=1S/C21H23FN2O2/c1-26-20-8-7-17(22)13-19(20)15-4-2-5-16(12-15)21(25)24-11-10-23-9-3-6-18(23)14-24/h2,4-5,7-8,12-13,18H,3,6,9-11,14H2,1H3/t18-/m0/s1. The molecule has 0 saturated carbocycles. The van der Waals surface area contributed by atoms with Gasteiger partial charge in [-0.3, -0.25) is 9.69 Å². The number of hydrogen-bond donors (Lipinski definition) is 0. The van der Waals surface area contributed by atoms with E-state index in [0.29, 0.717) is 22.9 Å². The molecule has 0 aromatic heterocycles. The maximum absolute atomic E-state index is 13.7. The molecule has 2 fully saturated rings. The maximum Gasteiger partial charge on any atom is 0.253 e. The summed E-state index contributed by atoms with van der Waals surface area (Å²) in [5, 5.41) is 0. The second-order valence-electron chi connectivity index (χ2n) is 7.01. The van der Waals surface area contributed by atoms with Gasteiger partial charge in [-0.15, -0.1) is 0 Å². The van der Waals surface area contributed by atoms with Crippen LogP contribution in [0.1, 0.15) is 23.2 Å². The number of hydrogen-bond acceptors (Lipinski definition) is 3. The van der Waals surface area contributed by atoms with Gasteiger partial charge >= 0.3 is 0 Å². The Morgan fingerprint density at radius 1 is 1.15 bits per heavy atom. The predicted molar refractivity (Wildman–Crippen MR) is 98.9 cm³/mol.